The Morgan fingerprint density at radius 1 is 0.655 bits per heavy atom. The SMILES string of the molecule is CO[C@@H]1C(C(=O)NCC(=O)Oc2cc3c(c(C)c2C)OC(C)(CCCC(C)CCCC(C)CCCC(C)C)CC3)O[C@@H](O[C@@H]2C(NC(C)=O)[C@H](O[C@@H]3C(C(=O)O)O[C@@H](O[C@@H]4C(NC(C)=O)[C@H](C)OC(CO)[C@H]4O)C(O)[C@H]3O)OC(CO)[C@H]2O)C(O)[C@H]1O. The molecule has 5 heterocycles. The van der Waals surface area contributed by atoms with Gasteiger partial charge in [-0.1, -0.05) is 72.6 Å². The van der Waals surface area contributed by atoms with E-state index in [1.165, 1.54) is 45.4 Å². The zero-order chi connectivity index (χ0) is 64.4. The summed E-state index contributed by atoms with van der Waals surface area (Å²) < 4.78 is 58.6. The van der Waals surface area contributed by atoms with E-state index in [4.69, 9.17) is 47.4 Å². The number of carbonyl (C=O) groups is 5. The summed E-state index contributed by atoms with van der Waals surface area (Å²) in [6.07, 6.45) is -21.4. The zero-order valence-corrected chi connectivity index (χ0v) is 51.9. The first-order valence-corrected chi connectivity index (χ1v) is 30.5. The lowest BCUT2D eigenvalue weighted by Crippen LogP contribution is -2.70. The molecule has 87 heavy (non-hydrogen) atoms. The topological polar surface area (TPSA) is 396 Å². The maximum Gasteiger partial charge on any atom is 0.335 e. The number of benzene rings is 1. The minimum Gasteiger partial charge on any atom is -0.487 e. The molecule has 12 N–H and O–H groups in total. The Morgan fingerprint density at radius 2 is 1.17 bits per heavy atom. The van der Waals surface area contributed by atoms with Crippen molar-refractivity contribution in [3.63, 3.8) is 0 Å². The summed E-state index contributed by atoms with van der Waals surface area (Å²) in [5.74, 6) is -2.03. The number of nitrogens with one attached hydrogen (secondary N) is 3. The summed E-state index contributed by atoms with van der Waals surface area (Å²) in [7, 11) is 1.11. The molecule has 11 unspecified atom stereocenters. The maximum atomic E-state index is 13.9. The molecule has 5 aliphatic rings. The molecule has 4 fully saturated rings. The first-order valence-electron chi connectivity index (χ1n) is 30.5. The molecule has 27 nitrogen and oxygen atoms in total. The average Bonchev–Trinajstić information content (AvgIpc) is 1.04. The number of amides is 3. The van der Waals surface area contributed by atoms with Gasteiger partial charge < -0.3 is 109 Å². The first-order chi connectivity index (χ1) is 41.0. The second kappa shape index (κ2) is 32.1. The lowest BCUT2D eigenvalue weighted by molar-refractivity contribution is -0.366. The van der Waals surface area contributed by atoms with Crippen LogP contribution in [0.1, 0.15) is 136 Å². The predicted molar refractivity (Wildman–Crippen MR) is 305 cm³/mol. The summed E-state index contributed by atoms with van der Waals surface area (Å²) in [5, 5.41) is 106. The number of esters is 1. The summed E-state index contributed by atoms with van der Waals surface area (Å²) in [5.41, 5.74) is 1.97. The van der Waals surface area contributed by atoms with Crippen molar-refractivity contribution >= 4 is 29.7 Å². The quantitative estimate of drug-likeness (QED) is 0.0394. The molecule has 23 atom stereocenters. The van der Waals surface area contributed by atoms with Gasteiger partial charge in [-0.15, -0.1) is 0 Å². The van der Waals surface area contributed by atoms with Gasteiger partial charge in [0.15, 0.2) is 31.1 Å². The Balaban J connectivity index is 1.09. The highest BCUT2D eigenvalue weighted by molar-refractivity contribution is 5.86. The lowest BCUT2D eigenvalue weighted by atomic mass is 9.85. The van der Waals surface area contributed by atoms with Gasteiger partial charge in [0, 0.05) is 21.0 Å². The highest BCUT2D eigenvalue weighted by Crippen LogP contribution is 2.43. The van der Waals surface area contributed by atoms with Crippen LogP contribution >= 0.6 is 0 Å². The molecule has 1 aromatic rings. The molecular weight excluding hydrogens is 1150 g/mol. The third-order valence-electron chi connectivity index (χ3n) is 17.5. The van der Waals surface area contributed by atoms with Gasteiger partial charge in [0.2, 0.25) is 11.8 Å². The number of carboxylic acid groups (broad SMARTS) is 1. The molecule has 1 aromatic carbocycles. The molecule has 0 aliphatic carbocycles. The number of carboxylic acids is 1. The van der Waals surface area contributed by atoms with Crippen molar-refractivity contribution in [2.75, 3.05) is 26.9 Å². The minimum atomic E-state index is -2.27. The Morgan fingerprint density at radius 3 is 1.72 bits per heavy atom. The normalized spacial score (nSPS) is 36.0. The number of hydrogen-bond donors (Lipinski definition) is 12. The average molecular weight is 1240 g/mol. The van der Waals surface area contributed by atoms with Gasteiger partial charge in [-0.2, -0.15) is 0 Å². The number of ether oxygens (including phenoxy) is 10. The molecule has 0 spiro atoms. The standard InChI is InChI=1S/C60H97N3O24/c1-27(2)15-12-16-28(3)17-13-18-29(4)19-14-21-60(10)22-20-35-23-36(30(5)31(6)48(35)87-60)80-39(68)24-61-55(75)53-51(78-11)44(71)46(73)58(85-53)83-50-41(63-34(9)67)57(81-38(26-65)43(50)70)84-52-45(72)47(74)59(86-54(52)56(76)77)82-49-40(62-33(8)66)32(7)79-37(25-64)42(49)69/h23,27-29,32,37-38,40-47,49-54,57-59,64-65,69-74H,12-22,24-26H2,1-11H3,(H,61,75)(H,62,66)(H,63,67)(H,76,77)/t28?,29?,32-,37?,38?,40?,41?,42+,43+,44+,45+,46?,47?,49+,50+,51-,52-,53?,54?,57-,58+,59+,60?/m0/s1. The van der Waals surface area contributed by atoms with E-state index < -0.39 is 172 Å². The van der Waals surface area contributed by atoms with Crippen LogP contribution < -0.4 is 25.4 Å². The van der Waals surface area contributed by atoms with E-state index in [1.807, 2.05) is 6.92 Å². The molecular formula is C60H97N3O24. The Bertz CT molecular complexity index is 2440. The molecule has 5 aliphatic heterocycles. The van der Waals surface area contributed by atoms with Gasteiger partial charge in [0.1, 0.15) is 103 Å². The summed E-state index contributed by atoms with van der Waals surface area (Å²) in [4.78, 5) is 65.2. The van der Waals surface area contributed by atoms with Gasteiger partial charge in [-0.3, -0.25) is 14.4 Å². The Hall–Kier alpha value is -4.27. The fraction of sp³-hybridized carbons (Fsp3) is 0.817. The van der Waals surface area contributed by atoms with Crippen molar-refractivity contribution in [2.24, 2.45) is 17.8 Å². The number of methoxy groups -OCH3 is 1. The van der Waals surface area contributed by atoms with E-state index in [-0.39, 0.29) is 11.4 Å². The smallest absolute Gasteiger partial charge is 0.335 e. The molecule has 0 bridgehead atoms. The molecule has 496 valence electrons. The summed E-state index contributed by atoms with van der Waals surface area (Å²) in [6.45, 7) is 16.3. The van der Waals surface area contributed by atoms with Crippen molar-refractivity contribution in [1.82, 2.24) is 16.0 Å². The maximum absolute atomic E-state index is 13.9. The van der Waals surface area contributed by atoms with Gasteiger partial charge in [-0.05, 0) is 93.9 Å². The van der Waals surface area contributed by atoms with Crippen LogP contribution in [0, 0.1) is 31.6 Å². The second-order valence-corrected chi connectivity index (χ2v) is 25.1. The van der Waals surface area contributed by atoms with Gasteiger partial charge in [0.05, 0.1) is 25.4 Å². The van der Waals surface area contributed by atoms with E-state index >= 15 is 0 Å². The Labute approximate surface area is 508 Å². The van der Waals surface area contributed by atoms with E-state index in [0.29, 0.717) is 17.9 Å². The van der Waals surface area contributed by atoms with Crippen LogP contribution in [0.15, 0.2) is 6.07 Å². The van der Waals surface area contributed by atoms with Crippen LogP contribution in [0.2, 0.25) is 0 Å². The van der Waals surface area contributed by atoms with Crippen molar-refractivity contribution in [3.05, 3.63) is 22.8 Å². The van der Waals surface area contributed by atoms with Crippen LogP contribution in [-0.2, 0) is 68.3 Å². The van der Waals surface area contributed by atoms with Crippen molar-refractivity contribution < 1.29 is 117 Å². The third-order valence-corrected chi connectivity index (χ3v) is 17.5. The van der Waals surface area contributed by atoms with Gasteiger partial charge in [-0.25, -0.2) is 9.59 Å². The predicted octanol–water partition coefficient (Wildman–Crippen LogP) is 0.224. The number of fused-ring (bicyclic) bond motifs is 1. The number of aliphatic hydroxyl groups excluding tert-OH is 8. The number of hydrogen-bond acceptors (Lipinski definition) is 23. The number of rotatable bonds is 28. The monoisotopic (exact) mass is 1240 g/mol. The fourth-order valence-electron chi connectivity index (χ4n) is 12.3. The van der Waals surface area contributed by atoms with Crippen molar-refractivity contribution in [1.29, 1.82) is 0 Å². The number of aliphatic hydroxyl groups is 8. The molecule has 3 amide bonds. The van der Waals surface area contributed by atoms with Crippen molar-refractivity contribution in [2.45, 2.75) is 268 Å². The minimum absolute atomic E-state index is 0.263. The molecule has 27 heteroatoms. The summed E-state index contributed by atoms with van der Waals surface area (Å²) in [6, 6.07) is -1.18. The van der Waals surface area contributed by atoms with Crippen LogP contribution in [0.25, 0.3) is 0 Å². The first kappa shape index (κ1) is 71.8. The van der Waals surface area contributed by atoms with E-state index in [2.05, 4.69) is 50.6 Å². The number of carbonyl (C=O) groups excluding carboxylic acids is 4. The zero-order valence-electron chi connectivity index (χ0n) is 51.9. The van der Waals surface area contributed by atoms with Gasteiger partial charge in [0.25, 0.3) is 5.91 Å². The third kappa shape index (κ3) is 18.2. The fourth-order valence-corrected chi connectivity index (χ4v) is 12.3. The summed E-state index contributed by atoms with van der Waals surface area (Å²) >= 11 is 0. The number of aliphatic carboxylic acids is 1. The molecule has 6 rings (SSSR count). The second-order valence-electron chi connectivity index (χ2n) is 25.1. The van der Waals surface area contributed by atoms with Crippen molar-refractivity contribution in [3.8, 4) is 11.5 Å². The lowest BCUT2D eigenvalue weighted by Gasteiger charge is -2.50. The molecule has 0 radical (unpaired) electrons. The van der Waals surface area contributed by atoms with Crippen LogP contribution in [0.3, 0.4) is 0 Å². The van der Waals surface area contributed by atoms with Gasteiger partial charge >= 0.3 is 11.9 Å². The Kier molecular flexibility index (Phi) is 26.5. The van der Waals surface area contributed by atoms with E-state index in [0.717, 1.165) is 75.4 Å². The van der Waals surface area contributed by atoms with E-state index in [1.54, 1.807) is 13.0 Å². The van der Waals surface area contributed by atoms with Crippen LogP contribution in [0.4, 0.5) is 0 Å². The highest BCUT2D eigenvalue weighted by atomic mass is 16.8. The van der Waals surface area contributed by atoms with Crippen LogP contribution in [0.5, 0.6) is 11.5 Å². The highest BCUT2D eigenvalue weighted by Gasteiger charge is 2.58. The molecule has 4 saturated heterocycles. The van der Waals surface area contributed by atoms with E-state index in [9.17, 15) is 69.9 Å². The molecule has 0 saturated carbocycles. The largest absolute Gasteiger partial charge is 0.487 e. The van der Waals surface area contributed by atoms with Crippen LogP contribution in [-0.4, -0.2) is 231 Å². The number of aryl methyl sites for hydroxylation is 1. The molecule has 0 aromatic heterocycles.